The second-order valence-electron chi connectivity index (χ2n) is 6.11. The first-order valence-electron chi connectivity index (χ1n) is 7.63. The second-order valence-corrected chi connectivity index (χ2v) is 6.96. The van der Waals surface area contributed by atoms with Crippen LogP contribution in [0.4, 0.5) is 10.1 Å². The molecule has 0 spiro atoms. The van der Waals surface area contributed by atoms with Crippen LogP contribution in [-0.2, 0) is 0 Å². The number of benzene rings is 1. The highest BCUT2D eigenvalue weighted by Crippen LogP contribution is 2.37. The molecular formula is C16H20BrFN2O. The van der Waals surface area contributed by atoms with Crippen molar-refractivity contribution in [1.29, 1.82) is 0 Å². The summed E-state index contributed by atoms with van der Waals surface area (Å²) < 4.78 is 13.9. The fourth-order valence-corrected chi connectivity index (χ4v) is 4.25. The summed E-state index contributed by atoms with van der Waals surface area (Å²) in [6.45, 7) is 0.795. The molecule has 3 rings (SSSR count). The number of nitrogens with zero attached hydrogens (tertiary/aromatic N) is 1. The highest BCUT2D eigenvalue weighted by Gasteiger charge is 2.36. The Hall–Kier alpha value is -1.10. The number of rotatable bonds is 2. The van der Waals surface area contributed by atoms with E-state index >= 15 is 0 Å². The predicted molar refractivity (Wildman–Crippen MR) is 84.5 cm³/mol. The largest absolute Gasteiger partial charge is 0.396 e. The molecule has 0 bridgehead atoms. The van der Waals surface area contributed by atoms with Crippen molar-refractivity contribution in [2.24, 2.45) is 5.92 Å². The molecule has 2 aliphatic rings. The maximum atomic E-state index is 13.4. The zero-order valence-electron chi connectivity index (χ0n) is 11.9. The normalized spacial score (nSPS) is 23.0. The Balaban J connectivity index is 1.85. The number of carbonyl (C=O) groups is 1. The number of nitrogen functional groups attached to an aromatic ring is 1. The molecule has 0 radical (unpaired) electrons. The van der Waals surface area contributed by atoms with Gasteiger partial charge in [0.1, 0.15) is 5.82 Å². The van der Waals surface area contributed by atoms with Crippen molar-refractivity contribution in [2.45, 2.75) is 44.6 Å². The van der Waals surface area contributed by atoms with E-state index in [2.05, 4.69) is 15.9 Å². The molecule has 1 aromatic rings. The van der Waals surface area contributed by atoms with E-state index in [1.807, 2.05) is 4.90 Å². The number of likely N-dealkylation sites (tertiary alicyclic amines) is 1. The molecule has 0 aromatic heterocycles. The van der Waals surface area contributed by atoms with E-state index in [1.165, 1.54) is 37.8 Å². The van der Waals surface area contributed by atoms with Crippen LogP contribution in [-0.4, -0.2) is 23.4 Å². The van der Waals surface area contributed by atoms with Gasteiger partial charge in [-0.3, -0.25) is 4.79 Å². The molecule has 1 saturated heterocycles. The van der Waals surface area contributed by atoms with Gasteiger partial charge in [0.05, 0.1) is 11.3 Å². The lowest BCUT2D eigenvalue weighted by atomic mass is 9.95. The van der Waals surface area contributed by atoms with Crippen molar-refractivity contribution in [3.63, 3.8) is 0 Å². The van der Waals surface area contributed by atoms with Gasteiger partial charge >= 0.3 is 0 Å². The van der Waals surface area contributed by atoms with Crippen LogP contribution in [0.1, 0.15) is 48.9 Å². The minimum absolute atomic E-state index is 0.0250. The van der Waals surface area contributed by atoms with Crippen molar-refractivity contribution >= 4 is 27.5 Å². The summed E-state index contributed by atoms with van der Waals surface area (Å²) in [4.78, 5) is 14.8. The minimum Gasteiger partial charge on any atom is -0.396 e. The van der Waals surface area contributed by atoms with Crippen LogP contribution in [0, 0.1) is 11.7 Å². The molecule has 1 aliphatic heterocycles. The molecule has 1 heterocycles. The van der Waals surface area contributed by atoms with Crippen molar-refractivity contribution in [3.05, 3.63) is 28.0 Å². The molecule has 1 saturated carbocycles. The number of hydrogen-bond acceptors (Lipinski definition) is 2. The molecular weight excluding hydrogens is 335 g/mol. The van der Waals surface area contributed by atoms with Crippen LogP contribution in [0.15, 0.2) is 16.6 Å². The molecule has 1 aromatic carbocycles. The molecule has 5 heteroatoms. The van der Waals surface area contributed by atoms with Crippen LogP contribution >= 0.6 is 15.9 Å². The topological polar surface area (TPSA) is 46.3 Å². The van der Waals surface area contributed by atoms with E-state index in [9.17, 15) is 9.18 Å². The third-order valence-corrected chi connectivity index (χ3v) is 5.48. The van der Waals surface area contributed by atoms with Crippen LogP contribution < -0.4 is 5.73 Å². The molecule has 3 nitrogen and oxygen atoms in total. The Labute approximate surface area is 132 Å². The zero-order valence-corrected chi connectivity index (χ0v) is 13.5. The van der Waals surface area contributed by atoms with Gasteiger partial charge in [-0.05, 0) is 59.7 Å². The van der Waals surface area contributed by atoms with Crippen molar-refractivity contribution in [3.8, 4) is 0 Å². The predicted octanol–water partition coefficient (Wildman–Crippen LogP) is 3.97. The summed E-state index contributed by atoms with van der Waals surface area (Å²) >= 11 is 3.29. The Kier molecular flexibility index (Phi) is 4.20. The number of nitrogens with two attached hydrogens (primary N) is 1. The van der Waals surface area contributed by atoms with E-state index in [1.54, 1.807) is 0 Å². The molecule has 2 N–H and O–H groups in total. The monoisotopic (exact) mass is 354 g/mol. The van der Waals surface area contributed by atoms with Crippen LogP contribution in [0.5, 0.6) is 0 Å². The first kappa shape index (κ1) is 14.8. The highest BCUT2D eigenvalue weighted by molar-refractivity contribution is 9.10. The smallest absolute Gasteiger partial charge is 0.255 e. The van der Waals surface area contributed by atoms with Gasteiger partial charge in [0.15, 0.2) is 0 Å². The number of anilines is 1. The summed E-state index contributed by atoms with van der Waals surface area (Å²) in [6, 6.07) is 3.08. The van der Waals surface area contributed by atoms with Crippen LogP contribution in [0.3, 0.4) is 0 Å². The quantitative estimate of drug-likeness (QED) is 0.816. The summed E-state index contributed by atoms with van der Waals surface area (Å²) in [6.07, 6.45) is 7.14. The first-order chi connectivity index (χ1) is 10.1. The second kappa shape index (κ2) is 5.95. The maximum Gasteiger partial charge on any atom is 0.255 e. The number of halogens is 2. The highest BCUT2D eigenvalue weighted by atomic mass is 79.9. The Morgan fingerprint density at radius 1 is 1.24 bits per heavy atom. The third kappa shape index (κ3) is 2.80. The molecule has 1 amide bonds. The van der Waals surface area contributed by atoms with Crippen molar-refractivity contribution in [1.82, 2.24) is 4.90 Å². The van der Waals surface area contributed by atoms with Crippen molar-refractivity contribution < 1.29 is 9.18 Å². The summed E-state index contributed by atoms with van der Waals surface area (Å²) in [5, 5.41) is 0. The van der Waals surface area contributed by atoms with E-state index in [-0.39, 0.29) is 11.6 Å². The zero-order chi connectivity index (χ0) is 15.0. The Bertz CT molecular complexity index is 557. The summed E-state index contributed by atoms with van der Waals surface area (Å²) in [5.41, 5.74) is 6.11. The van der Waals surface area contributed by atoms with E-state index in [4.69, 9.17) is 5.73 Å². The number of hydrogen-bond donors (Lipinski definition) is 1. The average Bonchev–Trinajstić information content (AvgIpc) is 3.11. The molecule has 1 unspecified atom stereocenters. The fraction of sp³-hybridized carbons (Fsp3) is 0.562. The number of amides is 1. The first-order valence-corrected chi connectivity index (χ1v) is 8.42. The minimum atomic E-state index is -0.493. The molecule has 21 heavy (non-hydrogen) atoms. The molecule has 1 atom stereocenters. The van der Waals surface area contributed by atoms with Gasteiger partial charge in [-0.2, -0.15) is 0 Å². The van der Waals surface area contributed by atoms with Gasteiger partial charge in [0.25, 0.3) is 5.91 Å². The average molecular weight is 355 g/mol. The molecule has 2 fully saturated rings. The Morgan fingerprint density at radius 3 is 2.67 bits per heavy atom. The standard InChI is InChI=1S/C16H20BrFN2O/c17-12-9-13(18)14(19)8-11(12)16(21)20-7-3-6-15(20)10-4-1-2-5-10/h8-10,15H,1-7,19H2. The van der Waals surface area contributed by atoms with Crippen LogP contribution in [0.2, 0.25) is 0 Å². The molecule has 114 valence electrons. The third-order valence-electron chi connectivity index (χ3n) is 4.82. The summed E-state index contributed by atoms with van der Waals surface area (Å²) in [7, 11) is 0. The van der Waals surface area contributed by atoms with Gasteiger partial charge in [-0.15, -0.1) is 0 Å². The van der Waals surface area contributed by atoms with E-state index in [0.29, 0.717) is 22.0 Å². The Morgan fingerprint density at radius 2 is 1.95 bits per heavy atom. The van der Waals surface area contributed by atoms with Crippen molar-refractivity contribution in [2.75, 3.05) is 12.3 Å². The SMILES string of the molecule is Nc1cc(C(=O)N2CCCC2C2CCCC2)c(Br)cc1F. The summed E-state index contributed by atoms with van der Waals surface area (Å²) in [5.74, 6) is 0.114. The lowest BCUT2D eigenvalue weighted by Crippen LogP contribution is -2.39. The van der Waals surface area contributed by atoms with E-state index < -0.39 is 5.82 Å². The lowest BCUT2D eigenvalue weighted by Gasteiger charge is -2.30. The fourth-order valence-electron chi connectivity index (χ4n) is 3.76. The van der Waals surface area contributed by atoms with Gasteiger partial charge in [-0.25, -0.2) is 4.39 Å². The van der Waals surface area contributed by atoms with E-state index in [0.717, 1.165) is 19.4 Å². The van der Waals surface area contributed by atoms with Gasteiger partial charge in [0.2, 0.25) is 0 Å². The number of carbonyl (C=O) groups excluding carboxylic acids is 1. The lowest BCUT2D eigenvalue weighted by molar-refractivity contribution is 0.0688. The van der Waals surface area contributed by atoms with Gasteiger partial charge in [0, 0.05) is 17.1 Å². The molecule has 1 aliphatic carbocycles. The van der Waals surface area contributed by atoms with Crippen LogP contribution in [0.25, 0.3) is 0 Å². The maximum absolute atomic E-state index is 13.4. The van der Waals surface area contributed by atoms with Gasteiger partial charge in [-0.1, -0.05) is 12.8 Å². The van der Waals surface area contributed by atoms with Gasteiger partial charge < -0.3 is 10.6 Å².